The number of nitrogens with one attached hydrogen (secondary N) is 1. The Morgan fingerprint density at radius 1 is 1.23 bits per heavy atom. The molecule has 0 radical (unpaired) electrons. The highest BCUT2D eigenvalue weighted by Crippen LogP contribution is 2.35. The first-order chi connectivity index (χ1) is 12.5. The molecule has 0 fully saturated rings. The van der Waals surface area contributed by atoms with Gasteiger partial charge in [-0.2, -0.15) is 0 Å². The molecule has 26 heavy (non-hydrogen) atoms. The number of nitrogens with zero attached hydrogens (tertiary/aromatic N) is 1. The second-order valence-electron chi connectivity index (χ2n) is 5.63. The lowest BCUT2D eigenvalue weighted by atomic mass is 10.1. The highest BCUT2D eigenvalue weighted by molar-refractivity contribution is 7.15. The lowest BCUT2D eigenvalue weighted by Gasteiger charge is -2.08. The van der Waals surface area contributed by atoms with Crippen LogP contribution in [0.25, 0.3) is 11.3 Å². The number of carbonyl (C=O) groups is 1. The van der Waals surface area contributed by atoms with Gasteiger partial charge in [-0.25, -0.2) is 4.98 Å². The summed E-state index contributed by atoms with van der Waals surface area (Å²) in [6, 6.07) is 7.47. The Morgan fingerprint density at radius 2 is 2.04 bits per heavy atom. The highest BCUT2D eigenvalue weighted by Gasteiger charge is 2.15. The molecule has 0 spiro atoms. The monoisotopic (exact) mass is 388 g/mol. The zero-order valence-electron chi connectivity index (χ0n) is 15.1. The van der Waals surface area contributed by atoms with Crippen molar-refractivity contribution in [1.29, 1.82) is 0 Å². The van der Waals surface area contributed by atoms with Crippen molar-refractivity contribution in [3.63, 3.8) is 0 Å². The molecule has 0 unspecified atom stereocenters. The Kier molecular flexibility index (Phi) is 5.58. The molecule has 1 amide bonds. The molecule has 0 saturated heterocycles. The Morgan fingerprint density at radius 3 is 2.69 bits per heavy atom. The van der Waals surface area contributed by atoms with E-state index < -0.39 is 0 Å². The maximum atomic E-state index is 12.5. The minimum Gasteiger partial charge on any atom is -0.497 e. The first-order valence-corrected chi connectivity index (χ1v) is 9.84. The molecule has 0 aliphatic heterocycles. The molecule has 0 saturated carbocycles. The van der Waals surface area contributed by atoms with Crippen molar-refractivity contribution in [1.82, 2.24) is 4.98 Å². The van der Waals surface area contributed by atoms with Crippen molar-refractivity contribution in [2.75, 3.05) is 19.5 Å². The molecule has 136 valence electrons. The van der Waals surface area contributed by atoms with Crippen molar-refractivity contribution in [2.24, 2.45) is 0 Å². The van der Waals surface area contributed by atoms with Crippen LogP contribution in [-0.4, -0.2) is 25.1 Å². The van der Waals surface area contributed by atoms with Crippen LogP contribution < -0.4 is 14.8 Å². The van der Waals surface area contributed by atoms with Crippen LogP contribution in [0.5, 0.6) is 11.5 Å². The molecule has 1 N–H and O–H groups in total. The first-order valence-electron chi connectivity index (χ1n) is 8.14. The molecule has 0 aliphatic carbocycles. The average Bonchev–Trinajstić information content (AvgIpc) is 3.27. The zero-order chi connectivity index (χ0) is 18.7. The number of thiophene rings is 1. The lowest BCUT2D eigenvalue weighted by molar-refractivity contribution is 0.103. The summed E-state index contributed by atoms with van der Waals surface area (Å²) < 4.78 is 10.7. The molecule has 3 aromatic rings. The van der Waals surface area contributed by atoms with Gasteiger partial charge in [0.05, 0.1) is 24.8 Å². The molecule has 2 aromatic heterocycles. The van der Waals surface area contributed by atoms with Crippen molar-refractivity contribution in [3.8, 4) is 22.8 Å². The topological polar surface area (TPSA) is 60.5 Å². The molecular weight excluding hydrogens is 368 g/mol. The first kappa shape index (κ1) is 18.4. The normalized spacial score (nSPS) is 10.6. The predicted molar refractivity (Wildman–Crippen MR) is 107 cm³/mol. The summed E-state index contributed by atoms with van der Waals surface area (Å²) in [6.45, 7) is 4.12. The summed E-state index contributed by atoms with van der Waals surface area (Å²) in [4.78, 5) is 19.0. The van der Waals surface area contributed by atoms with Gasteiger partial charge in [0.15, 0.2) is 5.13 Å². The number of aryl methyl sites for hydroxylation is 2. The van der Waals surface area contributed by atoms with Crippen LogP contribution in [0.3, 0.4) is 0 Å². The summed E-state index contributed by atoms with van der Waals surface area (Å²) in [5, 5.41) is 5.33. The second-order valence-corrected chi connectivity index (χ2v) is 7.62. The second kappa shape index (κ2) is 7.88. The molecule has 0 bridgehead atoms. The fraction of sp³-hybridized carbons (Fsp3) is 0.263. The van der Waals surface area contributed by atoms with Gasteiger partial charge >= 0.3 is 0 Å². The molecule has 0 atom stereocenters. The highest BCUT2D eigenvalue weighted by atomic mass is 32.1. The van der Waals surface area contributed by atoms with Gasteiger partial charge in [-0.05, 0) is 43.2 Å². The number of hydrogen-bond acceptors (Lipinski definition) is 6. The Bertz CT molecular complexity index is 931. The van der Waals surface area contributed by atoms with E-state index in [0.29, 0.717) is 15.8 Å². The van der Waals surface area contributed by atoms with E-state index in [1.165, 1.54) is 27.6 Å². The third-order valence-corrected chi connectivity index (χ3v) is 6.11. The van der Waals surface area contributed by atoms with Crippen LogP contribution >= 0.6 is 22.7 Å². The quantitative estimate of drug-likeness (QED) is 0.645. The Hall–Kier alpha value is -2.38. The molecule has 1 aromatic carbocycles. The van der Waals surface area contributed by atoms with Gasteiger partial charge in [-0.1, -0.05) is 6.92 Å². The van der Waals surface area contributed by atoms with Crippen LogP contribution in [0.2, 0.25) is 0 Å². The van der Waals surface area contributed by atoms with E-state index in [2.05, 4.69) is 17.2 Å². The summed E-state index contributed by atoms with van der Waals surface area (Å²) in [5.41, 5.74) is 2.71. The van der Waals surface area contributed by atoms with Gasteiger partial charge in [0, 0.05) is 15.8 Å². The SMILES string of the molecule is CCc1sc(C(=O)Nc2nc(-c3cc(OC)ccc3OC)cs2)cc1C. The maximum absolute atomic E-state index is 12.5. The third-order valence-electron chi connectivity index (χ3n) is 3.97. The minimum absolute atomic E-state index is 0.128. The largest absolute Gasteiger partial charge is 0.497 e. The fourth-order valence-electron chi connectivity index (χ4n) is 2.61. The van der Waals surface area contributed by atoms with Gasteiger partial charge in [0.25, 0.3) is 5.91 Å². The number of thiazole rings is 1. The molecular formula is C19H20N2O3S2. The number of ether oxygens (including phenoxy) is 2. The van der Waals surface area contributed by atoms with Crippen LogP contribution in [-0.2, 0) is 6.42 Å². The standard InChI is InChI=1S/C19H20N2O3S2/c1-5-16-11(2)8-17(26-16)18(22)21-19-20-14(10-25-19)13-9-12(23-3)6-7-15(13)24-4/h6-10H,5H2,1-4H3,(H,20,21,22). The third kappa shape index (κ3) is 3.73. The number of amides is 1. The van der Waals surface area contributed by atoms with E-state index in [-0.39, 0.29) is 5.91 Å². The van der Waals surface area contributed by atoms with Gasteiger partial charge in [0.1, 0.15) is 11.5 Å². The van der Waals surface area contributed by atoms with Gasteiger partial charge < -0.3 is 9.47 Å². The van der Waals surface area contributed by atoms with Crippen LogP contribution in [0.1, 0.15) is 27.0 Å². The summed E-state index contributed by atoms with van der Waals surface area (Å²) in [6.07, 6.45) is 0.931. The number of rotatable bonds is 6. The molecule has 2 heterocycles. The lowest BCUT2D eigenvalue weighted by Crippen LogP contribution is -2.09. The summed E-state index contributed by atoms with van der Waals surface area (Å²) in [7, 11) is 3.23. The van der Waals surface area contributed by atoms with Crippen molar-refractivity contribution in [2.45, 2.75) is 20.3 Å². The zero-order valence-corrected chi connectivity index (χ0v) is 16.7. The average molecular weight is 389 g/mol. The number of carbonyl (C=O) groups excluding carboxylic acids is 1. The number of hydrogen-bond donors (Lipinski definition) is 1. The Balaban J connectivity index is 1.83. The van der Waals surface area contributed by atoms with Crippen molar-refractivity contribution < 1.29 is 14.3 Å². The number of methoxy groups -OCH3 is 2. The van der Waals surface area contributed by atoms with E-state index in [1.54, 1.807) is 14.2 Å². The van der Waals surface area contributed by atoms with Crippen molar-refractivity contribution in [3.05, 3.63) is 45.0 Å². The molecule has 5 nitrogen and oxygen atoms in total. The predicted octanol–water partition coefficient (Wildman–Crippen LogP) is 5.01. The van der Waals surface area contributed by atoms with E-state index in [0.717, 1.165) is 29.0 Å². The van der Waals surface area contributed by atoms with Crippen LogP contribution in [0, 0.1) is 6.92 Å². The number of aromatic nitrogens is 1. The van der Waals surface area contributed by atoms with Crippen molar-refractivity contribution >= 4 is 33.7 Å². The molecule has 3 rings (SSSR count). The van der Waals surface area contributed by atoms with Crippen LogP contribution in [0.15, 0.2) is 29.6 Å². The van der Waals surface area contributed by atoms with Crippen LogP contribution in [0.4, 0.5) is 5.13 Å². The van der Waals surface area contributed by atoms with E-state index in [4.69, 9.17) is 9.47 Å². The van der Waals surface area contributed by atoms with Gasteiger partial charge in [0.2, 0.25) is 0 Å². The molecule has 7 heteroatoms. The number of benzene rings is 1. The van der Waals surface area contributed by atoms with Gasteiger partial charge in [-0.3, -0.25) is 10.1 Å². The summed E-state index contributed by atoms with van der Waals surface area (Å²) >= 11 is 2.91. The fourth-order valence-corrected chi connectivity index (χ4v) is 4.33. The maximum Gasteiger partial charge on any atom is 0.267 e. The smallest absolute Gasteiger partial charge is 0.267 e. The minimum atomic E-state index is -0.128. The Labute approximate surface area is 160 Å². The van der Waals surface area contributed by atoms with Gasteiger partial charge in [-0.15, -0.1) is 22.7 Å². The van der Waals surface area contributed by atoms with E-state index in [9.17, 15) is 4.79 Å². The van der Waals surface area contributed by atoms with E-state index in [1.807, 2.05) is 36.6 Å². The summed E-state index contributed by atoms with van der Waals surface area (Å²) in [5.74, 6) is 1.30. The molecule has 0 aliphatic rings. The van der Waals surface area contributed by atoms with E-state index >= 15 is 0 Å². The number of anilines is 1.